The molecule has 0 saturated carbocycles. The van der Waals surface area contributed by atoms with Crippen molar-refractivity contribution in [1.29, 1.82) is 5.26 Å². The van der Waals surface area contributed by atoms with Crippen LogP contribution in [0.25, 0.3) is 0 Å². The van der Waals surface area contributed by atoms with Crippen LogP contribution in [0.5, 0.6) is 0 Å². The summed E-state index contributed by atoms with van der Waals surface area (Å²) in [6.45, 7) is 0.465. The summed E-state index contributed by atoms with van der Waals surface area (Å²) in [5.41, 5.74) is 3.98. The number of nitrogens with zero attached hydrogens (tertiary/aromatic N) is 2. The van der Waals surface area contributed by atoms with E-state index in [4.69, 9.17) is 10.00 Å². The molecule has 19 heavy (non-hydrogen) atoms. The Bertz CT molecular complexity index is 612. The Labute approximate surface area is 112 Å². The highest BCUT2D eigenvalue weighted by Gasteiger charge is 2.22. The zero-order chi connectivity index (χ0) is 13.1. The van der Waals surface area contributed by atoms with Crippen molar-refractivity contribution in [2.24, 2.45) is 0 Å². The minimum atomic E-state index is 0.0676. The van der Waals surface area contributed by atoms with Gasteiger partial charge in [0.2, 0.25) is 0 Å². The van der Waals surface area contributed by atoms with E-state index in [0.717, 1.165) is 30.5 Å². The number of rotatable bonds is 3. The van der Waals surface area contributed by atoms with Crippen LogP contribution in [0.1, 0.15) is 41.3 Å². The molecule has 1 atom stereocenters. The Kier molecular flexibility index (Phi) is 3.30. The maximum atomic E-state index is 9.06. The second kappa shape index (κ2) is 5.25. The molecule has 4 nitrogen and oxygen atoms in total. The summed E-state index contributed by atoms with van der Waals surface area (Å²) >= 11 is 0. The van der Waals surface area contributed by atoms with Crippen LogP contribution in [0.4, 0.5) is 0 Å². The van der Waals surface area contributed by atoms with Crippen molar-refractivity contribution in [2.75, 3.05) is 0 Å². The third-order valence-electron chi connectivity index (χ3n) is 3.56. The van der Waals surface area contributed by atoms with Crippen LogP contribution in [0.15, 0.2) is 30.5 Å². The van der Waals surface area contributed by atoms with Gasteiger partial charge in [-0.3, -0.25) is 5.10 Å². The van der Waals surface area contributed by atoms with Crippen LogP contribution in [-0.2, 0) is 17.8 Å². The van der Waals surface area contributed by atoms with Gasteiger partial charge in [-0.2, -0.15) is 10.4 Å². The number of aromatic amines is 1. The average Bonchev–Trinajstić information content (AvgIpc) is 2.94. The molecule has 0 amide bonds. The van der Waals surface area contributed by atoms with Crippen molar-refractivity contribution < 1.29 is 4.74 Å². The van der Waals surface area contributed by atoms with E-state index in [9.17, 15) is 0 Å². The van der Waals surface area contributed by atoms with Crippen LogP contribution in [0, 0.1) is 11.3 Å². The largest absolute Gasteiger partial charge is 0.367 e. The van der Waals surface area contributed by atoms with Gasteiger partial charge in [0.15, 0.2) is 0 Å². The molecule has 0 aliphatic heterocycles. The Morgan fingerprint density at radius 1 is 1.42 bits per heavy atom. The summed E-state index contributed by atoms with van der Waals surface area (Å²) in [4.78, 5) is 0. The molecule has 1 aliphatic rings. The molecule has 2 aromatic rings. The molecule has 0 spiro atoms. The lowest BCUT2D eigenvalue weighted by molar-refractivity contribution is 0.0254. The van der Waals surface area contributed by atoms with Gasteiger partial charge in [-0.15, -0.1) is 0 Å². The first-order chi connectivity index (χ1) is 9.38. The Balaban J connectivity index is 1.73. The van der Waals surface area contributed by atoms with Gasteiger partial charge in [0.25, 0.3) is 0 Å². The summed E-state index contributed by atoms with van der Waals surface area (Å²) in [6, 6.07) is 9.76. The van der Waals surface area contributed by atoms with Crippen molar-refractivity contribution in [3.05, 3.63) is 52.8 Å². The van der Waals surface area contributed by atoms with Gasteiger partial charge in [0, 0.05) is 0 Å². The quantitative estimate of drug-likeness (QED) is 0.914. The number of aromatic nitrogens is 2. The van der Waals surface area contributed by atoms with Crippen molar-refractivity contribution in [2.45, 2.75) is 32.0 Å². The molecule has 0 bridgehead atoms. The lowest BCUT2D eigenvalue weighted by atomic mass is 9.96. The topological polar surface area (TPSA) is 61.7 Å². The lowest BCUT2D eigenvalue weighted by Crippen LogP contribution is -2.12. The van der Waals surface area contributed by atoms with Crippen LogP contribution in [0.3, 0.4) is 0 Å². The fourth-order valence-corrected chi connectivity index (χ4v) is 2.53. The Morgan fingerprint density at radius 2 is 2.32 bits per heavy atom. The first-order valence-electron chi connectivity index (χ1n) is 6.50. The third-order valence-corrected chi connectivity index (χ3v) is 3.56. The van der Waals surface area contributed by atoms with E-state index >= 15 is 0 Å². The fourth-order valence-electron chi connectivity index (χ4n) is 2.53. The molecule has 0 saturated heterocycles. The molecule has 1 heterocycles. The smallest absolute Gasteiger partial charge is 0.0996 e. The van der Waals surface area contributed by atoms with Crippen LogP contribution in [-0.4, -0.2) is 10.2 Å². The molecule has 1 aromatic carbocycles. The van der Waals surface area contributed by atoms with E-state index in [1.165, 1.54) is 5.56 Å². The number of fused-ring (bicyclic) bond motifs is 1. The van der Waals surface area contributed by atoms with Gasteiger partial charge < -0.3 is 4.74 Å². The van der Waals surface area contributed by atoms with E-state index in [1.54, 1.807) is 0 Å². The summed E-state index contributed by atoms with van der Waals surface area (Å²) < 4.78 is 5.97. The average molecular weight is 253 g/mol. The predicted molar refractivity (Wildman–Crippen MR) is 70.2 cm³/mol. The highest BCUT2D eigenvalue weighted by Crippen LogP contribution is 2.31. The second-order valence-corrected chi connectivity index (χ2v) is 4.77. The maximum Gasteiger partial charge on any atom is 0.0996 e. The zero-order valence-electron chi connectivity index (χ0n) is 10.6. The molecule has 0 unspecified atom stereocenters. The number of aryl methyl sites for hydroxylation is 1. The van der Waals surface area contributed by atoms with Crippen molar-refractivity contribution >= 4 is 0 Å². The predicted octanol–water partition coefficient (Wildman–Crippen LogP) is 2.88. The monoisotopic (exact) mass is 253 g/mol. The molecule has 0 radical (unpaired) electrons. The minimum absolute atomic E-state index is 0.0676. The van der Waals surface area contributed by atoms with Gasteiger partial charge in [-0.1, -0.05) is 18.2 Å². The van der Waals surface area contributed by atoms with Crippen molar-refractivity contribution in [1.82, 2.24) is 10.2 Å². The third kappa shape index (κ3) is 2.38. The molecule has 3 rings (SSSR count). The van der Waals surface area contributed by atoms with Crippen molar-refractivity contribution in [3.8, 4) is 6.07 Å². The Morgan fingerprint density at radius 3 is 3.21 bits per heavy atom. The van der Waals surface area contributed by atoms with E-state index in [0.29, 0.717) is 12.2 Å². The van der Waals surface area contributed by atoms with Gasteiger partial charge in [-0.05, 0) is 36.5 Å². The number of ether oxygens (including phenoxy) is 1. The lowest BCUT2D eigenvalue weighted by Gasteiger charge is -2.22. The zero-order valence-corrected chi connectivity index (χ0v) is 10.6. The Hall–Kier alpha value is -2.12. The molecule has 96 valence electrons. The summed E-state index contributed by atoms with van der Waals surface area (Å²) in [6.07, 6.45) is 5.15. The van der Waals surface area contributed by atoms with Crippen molar-refractivity contribution in [3.63, 3.8) is 0 Å². The van der Waals surface area contributed by atoms with Gasteiger partial charge in [0.05, 0.1) is 36.2 Å². The van der Waals surface area contributed by atoms with Gasteiger partial charge in [0.1, 0.15) is 0 Å². The van der Waals surface area contributed by atoms with Crippen LogP contribution < -0.4 is 0 Å². The maximum absolute atomic E-state index is 9.06. The molecule has 0 fully saturated rings. The minimum Gasteiger partial charge on any atom is -0.367 e. The number of H-pyrrole nitrogens is 1. The van der Waals surface area contributed by atoms with E-state index < -0.39 is 0 Å². The molecule has 1 aliphatic carbocycles. The summed E-state index contributed by atoms with van der Waals surface area (Å²) in [5, 5.41) is 16.2. The van der Waals surface area contributed by atoms with Gasteiger partial charge >= 0.3 is 0 Å². The van der Waals surface area contributed by atoms with E-state index in [1.807, 2.05) is 30.5 Å². The standard InChI is InChI=1S/C15H15N3O/c16-8-11-4-1-2-5-13(11)10-19-14-7-3-6-12-9-17-18-15(12)14/h1-2,4-5,9,14H,3,6-7,10H2,(H,17,18)/t14-/m0/s1. The SMILES string of the molecule is N#Cc1ccccc1CO[C@H]1CCCc2cn[nH]c21. The molecular formula is C15H15N3O. The number of hydrogen-bond acceptors (Lipinski definition) is 3. The summed E-state index contributed by atoms with van der Waals surface area (Å²) in [7, 11) is 0. The number of benzene rings is 1. The molecule has 1 N–H and O–H groups in total. The molecule has 4 heteroatoms. The number of nitrogens with one attached hydrogen (secondary N) is 1. The fraction of sp³-hybridized carbons (Fsp3) is 0.333. The van der Waals surface area contributed by atoms with E-state index in [2.05, 4.69) is 16.3 Å². The van der Waals surface area contributed by atoms with Crippen LogP contribution in [0.2, 0.25) is 0 Å². The molecule has 1 aromatic heterocycles. The van der Waals surface area contributed by atoms with E-state index in [-0.39, 0.29) is 6.10 Å². The number of nitriles is 1. The number of hydrogen-bond donors (Lipinski definition) is 1. The highest BCUT2D eigenvalue weighted by atomic mass is 16.5. The first kappa shape index (κ1) is 11.9. The second-order valence-electron chi connectivity index (χ2n) is 4.77. The highest BCUT2D eigenvalue weighted by molar-refractivity contribution is 5.36. The first-order valence-corrected chi connectivity index (χ1v) is 6.50. The van der Waals surface area contributed by atoms with Gasteiger partial charge in [-0.25, -0.2) is 0 Å². The summed E-state index contributed by atoms with van der Waals surface area (Å²) in [5.74, 6) is 0. The van der Waals surface area contributed by atoms with Crippen LogP contribution >= 0.6 is 0 Å². The molecular weight excluding hydrogens is 238 g/mol. The normalized spacial score (nSPS) is 17.7.